The van der Waals surface area contributed by atoms with Crippen LogP contribution >= 0.6 is 11.3 Å². The molecule has 0 fully saturated rings. The van der Waals surface area contributed by atoms with Crippen molar-refractivity contribution >= 4 is 44.6 Å². The Bertz CT molecular complexity index is 1180. The summed E-state index contributed by atoms with van der Waals surface area (Å²) in [5, 5.41) is 6.53. The second kappa shape index (κ2) is 8.64. The van der Waals surface area contributed by atoms with Crippen molar-refractivity contribution in [2.24, 2.45) is 0 Å². The maximum atomic E-state index is 12.1. The normalized spacial score (nSPS) is 11.3. The van der Waals surface area contributed by atoms with E-state index in [1.54, 1.807) is 18.7 Å². The summed E-state index contributed by atoms with van der Waals surface area (Å²) in [6.45, 7) is 1.52. The van der Waals surface area contributed by atoms with Crippen molar-refractivity contribution in [3.8, 4) is 17.0 Å². The molecule has 0 atom stereocenters. The Morgan fingerprint density at radius 1 is 1.27 bits per heavy atom. The number of nitrogens with one attached hydrogen (secondary N) is 3. The minimum Gasteiger partial charge on any atom is -0.480 e. The Labute approximate surface area is 177 Å². The van der Waals surface area contributed by atoms with Crippen molar-refractivity contribution in [3.05, 3.63) is 29.9 Å². The number of ether oxygens (including phenoxy) is 1. The van der Waals surface area contributed by atoms with E-state index in [-0.39, 0.29) is 6.03 Å². The number of urea groups is 1. The Kier molecular flexibility index (Phi) is 5.77. The summed E-state index contributed by atoms with van der Waals surface area (Å²) in [4.78, 5) is 30.6. The molecule has 0 radical (unpaired) electrons. The van der Waals surface area contributed by atoms with E-state index >= 15 is 0 Å². The van der Waals surface area contributed by atoms with Crippen LogP contribution in [0.15, 0.2) is 29.9 Å². The first-order chi connectivity index (χ1) is 14.5. The molecule has 0 aliphatic rings. The number of carbonyl (C=O) groups is 1. The fourth-order valence-corrected chi connectivity index (χ4v) is 3.84. The number of hydrogen-bond acceptors (Lipinski definition) is 7. The lowest BCUT2D eigenvalue weighted by molar-refractivity contribution is 0.251. The average Bonchev–Trinajstić information content (AvgIpc) is 3.35. The van der Waals surface area contributed by atoms with Gasteiger partial charge in [-0.15, -0.1) is 11.3 Å². The van der Waals surface area contributed by atoms with Gasteiger partial charge in [0.2, 0.25) is 5.88 Å². The summed E-state index contributed by atoms with van der Waals surface area (Å²) in [7, 11) is 5.60. The highest BCUT2D eigenvalue weighted by Gasteiger charge is 2.16. The second-order valence-electron chi connectivity index (χ2n) is 7.05. The number of hydrogen-bond donors (Lipinski definition) is 3. The van der Waals surface area contributed by atoms with Crippen molar-refractivity contribution in [1.29, 1.82) is 0 Å². The van der Waals surface area contributed by atoms with Crippen LogP contribution in [0.5, 0.6) is 5.88 Å². The summed E-state index contributed by atoms with van der Waals surface area (Å²) in [5.41, 5.74) is 4.89. The predicted molar refractivity (Wildman–Crippen MR) is 119 cm³/mol. The van der Waals surface area contributed by atoms with E-state index in [0.29, 0.717) is 29.5 Å². The molecule has 3 N–H and O–H groups in total. The van der Waals surface area contributed by atoms with Crippen LogP contribution in [0.25, 0.3) is 32.5 Å². The third kappa shape index (κ3) is 4.19. The van der Waals surface area contributed by atoms with Crippen LogP contribution in [0.4, 0.5) is 10.6 Å². The number of pyridine rings is 2. The molecule has 2 amide bonds. The lowest BCUT2D eigenvalue weighted by atomic mass is 10.1. The number of amides is 2. The first-order valence-electron chi connectivity index (χ1n) is 9.51. The first-order valence-corrected chi connectivity index (χ1v) is 10.4. The van der Waals surface area contributed by atoms with E-state index in [9.17, 15) is 4.79 Å². The molecule has 4 aromatic heterocycles. The monoisotopic (exact) mass is 425 g/mol. The molecular formula is C20H23N7O2S. The van der Waals surface area contributed by atoms with Gasteiger partial charge in [-0.2, -0.15) is 4.98 Å². The average molecular weight is 426 g/mol. The molecule has 0 aliphatic heterocycles. The predicted octanol–water partition coefficient (Wildman–Crippen LogP) is 3.32. The molecule has 30 heavy (non-hydrogen) atoms. The van der Waals surface area contributed by atoms with E-state index in [2.05, 4.69) is 35.5 Å². The highest BCUT2D eigenvalue weighted by molar-refractivity contribution is 7.16. The zero-order chi connectivity index (χ0) is 21.1. The topological polar surface area (TPSA) is 108 Å². The third-order valence-corrected chi connectivity index (χ3v) is 5.38. The summed E-state index contributed by atoms with van der Waals surface area (Å²) < 4.78 is 6.47. The Balaban J connectivity index is 1.54. The quantitative estimate of drug-likeness (QED) is 0.392. The van der Waals surface area contributed by atoms with E-state index in [4.69, 9.17) is 4.74 Å². The summed E-state index contributed by atoms with van der Waals surface area (Å²) in [6, 6.07) is 5.46. The largest absolute Gasteiger partial charge is 0.480 e. The number of H-pyrrole nitrogens is 1. The number of carbonyl (C=O) groups excluding carboxylic acids is 1. The zero-order valence-electron chi connectivity index (χ0n) is 17.0. The van der Waals surface area contributed by atoms with Gasteiger partial charge in [-0.05, 0) is 45.3 Å². The van der Waals surface area contributed by atoms with E-state index < -0.39 is 0 Å². The van der Waals surface area contributed by atoms with Crippen LogP contribution < -0.4 is 15.4 Å². The highest BCUT2D eigenvalue weighted by Crippen LogP contribution is 2.36. The molecule has 0 unspecified atom stereocenters. The highest BCUT2D eigenvalue weighted by atomic mass is 32.1. The van der Waals surface area contributed by atoms with E-state index in [1.807, 2.05) is 32.4 Å². The standard InChI is InChI=1S/C20H23N7O2S/c1-27(2)8-4-7-21-20(28)25-16-6-5-12-14(10-22-17(12)24-16)13-9-15-18(23-11-30-15)26-19(13)29-3/h5-6,9-11H,4,7-8H2,1-3H3,(H3,21,22,24,25,28). The molecule has 4 heterocycles. The fraction of sp³-hybridized carbons (Fsp3) is 0.300. The number of aromatic amines is 1. The van der Waals surface area contributed by atoms with Gasteiger partial charge in [-0.3, -0.25) is 5.32 Å². The summed E-state index contributed by atoms with van der Waals surface area (Å²) >= 11 is 1.53. The SMILES string of the molecule is COc1nc2ncsc2cc1-c1c[nH]c2nc(NC(=O)NCCCN(C)C)ccc12. The maximum Gasteiger partial charge on any atom is 0.320 e. The van der Waals surface area contributed by atoms with Gasteiger partial charge in [0.25, 0.3) is 0 Å². The van der Waals surface area contributed by atoms with Crippen molar-refractivity contribution in [3.63, 3.8) is 0 Å². The van der Waals surface area contributed by atoms with E-state index in [0.717, 1.165) is 34.2 Å². The van der Waals surface area contributed by atoms with Crippen LogP contribution in [-0.4, -0.2) is 65.2 Å². The van der Waals surface area contributed by atoms with Crippen LogP contribution in [0, 0.1) is 0 Å². The number of rotatable bonds is 7. The zero-order valence-corrected chi connectivity index (χ0v) is 17.8. The molecule has 0 aliphatic carbocycles. The minimum absolute atomic E-state index is 0.270. The van der Waals surface area contributed by atoms with Crippen LogP contribution in [-0.2, 0) is 0 Å². The number of aromatic nitrogens is 4. The van der Waals surface area contributed by atoms with Crippen LogP contribution in [0.3, 0.4) is 0 Å². The van der Waals surface area contributed by atoms with Gasteiger partial charge in [0.05, 0.1) is 17.3 Å². The number of thiazole rings is 1. The lowest BCUT2D eigenvalue weighted by Crippen LogP contribution is -2.31. The van der Waals surface area contributed by atoms with Gasteiger partial charge >= 0.3 is 6.03 Å². The van der Waals surface area contributed by atoms with Gasteiger partial charge in [0.1, 0.15) is 11.5 Å². The molecule has 4 rings (SSSR count). The molecule has 0 spiro atoms. The van der Waals surface area contributed by atoms with E-state index in [1.165, 1.54) is 11.3 Å². The van der Waals surface area contributed by atoms with Gasteiger partial charge in [0, 0.05) is 29.3 Å². The van der Waals surface area contributed by atoms with Crippen molar-refractivity contribution < 1.29 is 9.53 Å². The van der Waals surface area contributed by atoms with Crippen LogP contribution in [0.1, 0.15) is 6.42 Å². The van der Waals surface area contributed by atoms with Crippen molar-refractivity contribution in [1.82, 2.24) is 30.2 Å². The summed E-state index contributed by atoms with van der Waals surface area (Å²) in [5.74, 6) is 0.984. The van der Waals surface area contributed by atoms with Gasteiger partial charge in [-0.1, -0.05) is 0 Å². The van der Waals surface area contributed by atoms with Crippen LogP contribution in [0.2, 0.25) is 0 Å². The van der Waals surface area contributed by atoms with Crippen molar-refractivity contribution in [2.75, 3.05) is 39.6 Å². The first kappa shape index (κ1) is 20.0. The van der Waals surface area contributed by atoms with Gasteiger partial charge in [-0.25, -0.2) is 14.8 Å². The molecule has 4 aromatic rings. The molecule has 10 heteroatoms. The lowest BCUT2D eigenvalue weighted by Gasteiger charge is -2.10. The molecule has 0 bridgehead atoms. The van der Waals surface area contributed by atoms with Gasteiger partial charge < -0.3 is 19.9 Å². The third-order valence-electron chi connectivity index (χ3n) is 4.62. The maximum absolute atomic E-state index is 12.1. The summed E-state index contributed by atoms with van der Waals surface area (Å²) in [6.07, 6.45) is 2.75. The van der Waals surface area contributed by atoms with Gasteiger partial charge in [0.15, 0.2) is 5.65 Å². The molecule has 156 valence electrons. The Morgan fingerprint density at radius 2 is 2.13 bits per heavy atom. The molecule has 0 aromatic carbocycles. The number of fused-ring (bicyclic) bond motifs is 2. The van der Waals surface area contributed by atoms with Crippen molar-refractivity contribution in [2.45, 2.75) is 6.42 Å². The molecule has 9 nitrogen and oxygen atoms in total. The molecule has 0 saturated carbocycles. The number of methoxy groups -OCH3 is 1. The smallest absolute Gasteiger partial charge is 0.320 e. The minimum atomic E-state index is -0.270. The molecular weight excluding hydrogens is 402 g/mol. The molecule has 0 saturated heterocycles. The number of anilines is 1. The Morgan fingerprint density at radius 3 is 2.93 bits per heavy atom. The fourth-order valence-electron chi connectivity index (χ4n) is 3.18. The number of nitrogens with zero attached hydrogens (tertiary/aromatic N) is 4. The second-order valence-corrected chi connectivity index (χ2v) is 7.94. The Hall–Kier alpha value is -3.24.